The third-order valence-corrected chi connectivity index (χ3v) is 6.71. The molecule has 166 valence electrons. The Labute approximate surface area is 201 Å². The van der Waals surface area contributed by atoms with E-state index in [1.54, 1.807) is 50.6 Å². The van der Waals surface area contributed by atoms with Crippen LogP contribution in [0.4, 0.5) is 0 Å². The number of aliphatic imine (C=N–C) groups is 1. The van der Waals surface area contributed by atoms with Crippen molar-refractivity contribution in [3.63, 3.8) is 0 Å². The summed E-state index contributed by atoms with van der Waals surface area (Å²) in [5.41, 5.74) is 0.995. The summed E-state index contributed by atoms with van der Waals surface area (Å²) >= 11 is 6.27. The smallest absolute Gasteiger partial charge is 0.191 e. The molecule has 0 bridgehead atoms. The number of hydrogen-bond donors (Lipinski definition) is 2. The van der Waals surface area contributed by atoms with Crippen molar-refractivity contribution in [1.82, 2.24) is 10.6 Å². The second kappa shape index (κ2) is 13.0. The van der Waals surface area contributed by atoms with E-state index in [4.69, 9.17) is 16.3 Å². The van der Waals surface area contributed by atoms with Gasteiger partial charge in [0.2, 0.25) is 0 Å². The Balaban J connectivity index is 0.00000450. The van der Waals surface area contributed by atoms with Gasteiger partial charge in [0.25, 0.3) is 0 Å². The van der Waals surface area contributed by atoms with E-state index in [1.807, 2.05) is 19.1 Å². The van der Waals surface area contributed by atoms with Gasteiger partial charge in [-0.25, -0.2) is 8.42 Å². The molecule has 30 heavy (non-hydrogen) atoms. The fourth-order valence-electron chi connectivity index (χ4n) is 2.81. The van der Waals surface area contributed by atoms with E-state index in [0.29, 0.717) is 35.3 Å². The molecule has 9 heteroatoms. The van der Waals surface area contributed by atoms with Crippen molar-refractivity contribution < 1.29 is 13.2 Å². The van der Waals surface area contributed by atoms with Crippen molar-refractivity contribution in [2.24, 2.45) is 4.99 Å². The van der Waals surface area contributed by atoms with E-state index < -0.39 is 9.84 Å². The van der Waals surface area contributed by atoms with Crippen LogP contribution in [-0.2, 0) is 16.3 Å². The molecule has 2 aromatic carbocycles. The van der Waals surface area contributed by atoms with Gasteiger partial charge in [0.1, 0.15) is 5.75 Å². The number of methoxy groups -OCH3 is 1. The zero-order chi connectivity index (χ0) is 21.3. The molecule has 0 saturated heterocycles. The fourth-order valence-corrected chi connectivity index (χ4v) is 4.69. The fraction of sp³-hybridized carbons (Fsp3) is 0.381. The standard InChI is InChI=1S/C21H28ClN3O3S.HI/c1-4-17(15-29(26,27)19-8-6-5-7-9-19)25-21(23-2)24-13-12-16-10-11-18(28-3)14-20(16)22;/h5-11,14,17H,4,12-13,15H2,1-3H3,(H2,23,24,25);1H. The summed E-state index contributed by atoms with van der Waals surface area (Å²) in [6.45, 7) is 2.55. The number of rotatable bonds is 9. The molecule has 1 atom stereocenters. The monoisotopic (exact) mass is 565 g/mol. The van der Waals surface area contributed by atoms with Crippen LogP contribution in [-0.4, -0.2) is 46.9 Å². The van der Waals surface area contributed by atoms with E-state index in [1.165, 1.54) is 0 Å². The average molecular weight is 566 g/mol. The van der Waals surface area contributed by atoms with Gasteiger partial charge < -0.3 is 15.4 Å². The van der Waals surface area contributed by atoms with Crippen LogP contribution >= 0.6 is 35.6 Å². The Bertz CT molecular complexity index is 924. The van der Waals surface area contributed by atoms with Crippen molar-refractivity contribution in [3.05, 3.63) is 59.1 Å². The molecule has 0 aliphatic carbocycles. The SMILES string of the molecule is CCC(CS(=O)(=O)c1ccccc1)NC(=NC)NCCc1ccc(OC)cc1Cl.I. The van der Waals surface area contributed by atoms with Gasteiger partial charge in [-0.15, -0.1) is 24.0 Å². The van der Waals surface area contributed by atoms with Gasteiger partial charge in [-0.1, -0.05) is 42.8 Å². The van der Waals surface area contributed by atoms with Crippen LogP contribution in [0.2, 0.25) is 5.02 Å². The largest absolute Gasteiger partial charge is 0.497 e. The summed E-state index contributed by atoms with van der Waals surface area (Å²) in [5.74, 6) is 1.28. The number of nitrogens with one attached hydrogen (secondary N) is 2. The highest BCUT2D eigenvalue weighted by molar-refractivity contribution is 14.0. The molecular formula is C21H29ClIN3O3S. The van der Waals surface area contributed by atoms with Gasteiger partial charge in [-0.05, 0) is 42.7 Å². The zero-order valence-electron chi connectivity index (χ0n) is 17.4. The molecule has 0 heterocycles. The predicted octanol–water partition coefficient (Wildman–Crippen LogP) is 3.93. The maximum Gasteiger partial charge on any atom is 0.191 e. The van der Waals surface area contributed by atoms with Gasteiger partial charge in [-0.3, -0.25) is 4.99 Å². The Morgan fingerprint density at radius 2 is 1.90 bits per heavy atom. The lowest BCUT2D eigenvalue weighted by atomic mass is 10.1. The minimum atomic E-state index is -3.38. The van der Waals surface area contributed by atoms with Crippen LogP contribution < -0.4 is 15.4 Å². The Morgan fingerprint density at radius 3 is 2.47 bits per heavy atom. The molecule has 2 aromatic rings. The van der Waals surface area contributed by atoms with Gasteiger partial charge in [0, 0.05) is 24.7 Å². The summed E-state index contributed by atoms with van der Waals surface area (Å²) in [6.07, 6.45) is 1.35. The maximum absolute atomic E-state index is 12.6. The van der Waals surface area contributed by atoms with E-state index in [2.05, 4.69) is 15.6 Å². The third kappa shape index (κ3) is 7.96. The molecule has 0 aromatic heterocycles. The summed E-state index contributed by atoms with van der Waals surface area (Å²) in [5, 5.41) is 7.07. The van der Waals surface area contributed by atoms with Gasteiger partial charge in [-0.2, -0.15) is 0 Å². The normalized spacial score (nSPS) is 12.6. The zero-order valence-corrected chi connectivity index (χ0v) is 21.3. The van der Waals surface area contributed by atoms with Crippen LogP contribution in [0.5, 0.6) is 5.75 Å². The average Bonchev–Trinajstić information content (AvgIpc) is 2.73. The van der Waals surface area contributed by atoms with Crippen molar-refractivity contribution in [2.45, 2.75) is 30.7 Å². The Hall–Kier alpha value is -1.52. The molecule has 0 radical (unpaired) electrons. The molecule has 6 nitrogen and oxygen atoms in total. The van der Waals surface area contributed by atoms with Crippen molar-refractivity contribution in [2.75, 3.05) is 26.5 Å². The molecule has 2 rings (SSSR count). The summed E-state index contributed by atoms with van der Waals surface area (Å²) in [7, 11) is -0.113. The summed E-state index contributed by atoms with van der Waals surface area (Å²) in [6, 6.07) is 13.8. The predicted molar refractivity (Wildman–Crippen MR) is 134 cm³/mol. The van der Waals surface area contributed by atoms with Crippen LogP contribution in [0.1, 0.15) is 18.9 Å². The number of benzene rings is 2. The first-order valence-electron chi connectivity index (χ1n) is 9.47. The highest BCUT2D eigenvalue weighted by Gasteiger charge is 2.20. The number of ether oxygens (including phenoxy) is 1. The van der Waals surface area contributed by atoms with Crippen LogP contribution in [0, 0.1) is 0 Å². The van der Waals surface area contributed by atoms with Gasteiger partial charge in [0.15, 0.2) is 15.8 Å². The van der Waals surface area contributed by atoms with Crippen molar-refractivity contribution in [3.8, 4) is 5.75 Å². The van der Waals surface area contributed by atoms with Crippen LogP contribution in [0.25, 0.3) is 0 Å². The number of guanidine groups is 1. The van der Waals surface area contributed by atoms with Crippen LogP contribution in [0.3, 0.4) is 0 Å². The lowest BCUT2D eigenvalue weighted by Gasteiger charge is -2.20. The van der Waals surface area contributed by atoms with E-state index in [-0.39, 0.29) is 35.8 Å². The first-order chi connectivity index (χ1) is 13.9. The second-order valence-electron chi connectivity index (χ2n) is 6.55. The Morgan fingerprint density at radius 1 is 1.20 bits per heavy atom. The molecular weight excluding hydrogens is 537 g/mol. The first kappa shape index (κ1) is 26.5. The van der Waals surface area contributed by atoms with E-state index in [9.17, 15) is 8.42 Å². The van der Waals surface area contributed by atoms with Gasteiger partial charge >= 0.3 is 0 Å². The van der Waals surface area contributed by atoms with E-state index in [0.717, 1.165) is 11.3 Å². The Kier molecular flexibility index (Phi) is 11.5. The molecule has 0 amide bonds. The maximum atomic E-state index is 12.6. The molecule has 1 unspecified atom stereocenters. The molecule has 0 spiro atoms. The van der Waals surface area contributed by atoms with Crippen molar-refractivity contribution >= 4 is 51.4 Å². The number of halogens is 2. The molecule has 0 aliphatic heterocycles. The molecule has 0 fully saturated rings. The number of hydrogen-bond acceptors (Lipinski definition) is 4. The first-order valence-corrected chi connectivity index (χ1v) is 11.5. The molecule has 0 aliphatic rings. The topological polar surface area (TPSA) is 79.8 Å². The summed E-state index contributed by atoms with van der Waals surface area (Å²) < 4.78 is 30.4. The minimum Gasteiger partial charge on any atom is -0.497 e. The lowest BCUT2D eigenvalue weighted by Crippen LogP contribution is -2.46. The quantitative estimate of drug-likeness (QED) is 0.274. The highest BCUT2D eigenvalue weighted by atomic mass is 127. The lowest BCUT2D eigenvalue weighted by molar-refractivity contribution is 0.414. The second-order valence-corrected chi connectivity index (χ2v) is 8.99. The number of nitrogens with zero attached hydrogens (tertiary/aromatic N) is 1. The highest BCUT2D eigenvalue weighted by Crippen LogP contribution is 2.22. The number of sulfone groups is 1. The summed E-state index contributed by atoms with van der Waals surface area (Å²) in [4.78, 5) is 4.54. The van der Waals surface area contributed by atoms with Crippen molar-refractivity contribution in [1.29, 1.82) is 0 Å². The molecule has 0 saturated carbocycles. The van der Waals surface area contributed by atoms with E-state index >= 15 is 0 Å². The van der Waals surface area contributed by atoms with Gasteiger partial charge in [0.05, 0.1) is 17.8 Å². The van der Waals surface area contributed by atoms with Crippen LogP contribution in [0.15, 0.2) is 58.4 Å². The molecule has 2 N–H and O–H groups in total. The third-order valence-electron chi connectivity index (χ3n) is 4.53. The minimum absolute atomic E-state index is 0.